The molecule has 0 radical (unpaired) electrons. The van der Waals surface area contributed by atoms with Crippen molar-refractivity contribution < 1.29 is 9.53 Å². The molecule has 1 aliphatic heterocycles. The van der Waals surface area contributed by atoms with E-state index >= 15 is 0 Å². The Hall–Kier alpha value is -3.95. The Bertz CT molecular complexity index is 1350. The van der Waals surface area contributed by atoms with E-state index in [9.17, 15) is 4.79 Å². The van der Waals surface area contributed by atoms with Gasteiger partial charge in [-0.1, -0.05) is 13.8 Å². The molecule has 0 saturated carbocycles. The highest BCUT2D eigenvalue weighted by molar-refractivity contribution is 5.87. The van der Waals surface area contributed by atoms with Crippen molar-refractivity contribution >= 4 is 34.7 Å². The van der Waals surface area contributed by atoms with Crippen molar-refractivity contribution in [3.8, 4) is 11.6 Å². The van der Waals surface area contributed by atoms with Crippen LogP contribution in [-0.4, -0.2) is 35.2 Å². The fraction of sp³-hybridized carbons (Fsp3) is 0.348. The van der Waals surface area contributed by atoms with E-state index in [1.807, 2.05) is 17.7 Å². The molecule has 0 bridgehead atoms. The Morgan fingerprint density at radius 2 is 2.00 bits per heavy atom. The fourth-order valence-electron chi connectivity index (χ4n) is 4.17. The summed E-state index contributed by atoms with van der Waals surface area (Å²) in [5, 5.41) is 10.7. The normalized spacial score (nSPS) is 14.7. The van der Waals surface area contributed by atoms with Crippen LogP contribution in [0.3, 0.4) is 0 Å². The van der Waals surface area contributed by atoms with Gasteiger partial charge in [0.1, 0.15) is 17.1 Å². The summed E-state index contributed by atoms with van der Waals surface area (Å²) in [6.07, 6.45) is 3.85. The summed E-state index contributed by atoms with van der Waals surface area (Å²) >= 11 is 0. The topological polar surface area (TPSA) is 112 Å². The van der Waals surface area contributed by atoms with Gasteiger partial charge in [-0.2, -0.15) is 10.1 Å². The van der Waals surface area contributed by atoms with Gasteiger partial charge >= 0.3 is 0 Å². The first-order valence-electron chi connectivity index (χ1n) is 10.9. The van der Waals surface area contributed by atoms with Gasteiger partial charge in [0.15, 0.2) is 11.5 Å². The number of fused-ring (bicyclic) bond motifs is 2. The quantitative estimate of drug-likeness (QED) is 0.474. The number of amides is 1. The lowest BCUT2D eigenvalue weighted by Gasteiger charge is -2.30. The average Bonchev–Trinajstić information content (AvgIpc) is 3.30. The predicted octanol–water partition coefficient (Wildman–Crippen LogP) is 4.13. The maximum Gasteiger partial charge on any atom is 0.222 e. The van der Waals surface area contributed by atoms with Crippen molar-refractivity contribution in [3.05, 3.63) is 42.2 Å². The number of pyridine rings is 2. The number of anilines is 3. The van der Waals surface area contributed by atoms with E-state index in [0.29, 0.717) is 29.0 Å². The van der Waals surface area contributed by atoms with Crippen molar-refractivity contribution in [3.63, 3.8) is 0 Å². The standard InChI is InChI=1S/C23H26N8O2/c1-14(32)25-18-12-15(8-10-24-18)33-20-7-6-16-21(28-20)30(4)22(26-16)27-19-13-17-23(2,3)9-5-11-31(17)29-19/h6-8,10,12-13H,5,9,11H2,1-4H3,(H,24,25,32)(H,26,27,29). The third-order valence-electron chi connectivity index (χ3n) is 5.83. The first-order valence-corrected chi connectivity index (χ1v) is 10.9. The van der Waals surface area contributed by atoms with Crippen molar-refractivity contribution in [2.75, 3.05) is 10.6 Å². The molecule has 5 heterocycles. The number of hydrogen-bond donors (Lipinski definition) is 2. The summed E-state index contributed by atoms with van der Waals surface area (Å²) in [5.41, 5.74) is 2.76. The van der Waals surface area contributed by atoms with E-state index < -0.39 is 0 Å². The molecule has 2 N–H and O–H groups in total. The summed E-state index contributed by atoms with van der Waals surface area (Å²) in [6.45, 7) is 6.88. The van der Waals surface area contributed by atoms with Gasteiger partial charge in [0.25, 0.3) is 0 Å². The van der Waals surface area contributed by atoms with Crippen LogP contribution < -0.4 is 15.4 Å². The van der Waals surface area contributed by atoms with Crippen molar-refractivity contribution in [2.45, 2.75) is 45.6 Å². The third kappa shape index (κ3) is 4.11. The van der Waals surface area contributed by atoms with E-state index in [4.69, 9.17) is 9.84 Å². The zero-order chi connectivity index (χ0) is 23.2. The van der Waals surface area contributed by atoms with E-state index in [-0.39, 0.29) is 11.3 Å². The number of aromatic nitrogens is 6. The molecule has 5 rings (SSSR count). The first kappa shape index (κ1) is 20.9. The predicted molar refractivity (Wildman–Crippen MR) is 125 cm³/mol. The van der Waals surface area contributed by atoms with Gasteiger partial charge in [-0.05, 0) is 25.0 Å². The van der Waals surface area contributed by atoms with Crippen molar-refractivity contribution in [1.82, 2.24) is 29.3 Å². The number of rotatable bonds is 5. The van der Waals surface area contributed by atoms with Gasteiger partial charge in [-0.15, -0.1) is 0 Å². The molecule has 0 saturated heterocycles. The van der Waals surface area contributed by atoms with Crippen LogP contribution in [0.25, 0.3) is 11.2 Å². The molecule has 0 aliphatic carbocycles. The molecule has 10 nitrogen and oxygen atoms in total. The third-order valence-corrected chi connectivity index (χ3v) is 5.83. The molecule has 170 valence electrons. The molecule has 0 atom stereocenters. The lowest BCUT2D eigenvalue weighted by molar-refractivity contribution is -0.114. The molecule has 0 fully saturated rings. The second-order valence-corrected chi connectivity index (χ2v) is 8.90. The number of nitrogens with one attached hydrogen (secondary N) is 2. The highest BCUT2D eigenvalue weighted by Gasteiger charge is 2.29. The maximum absolute atomic E-state index is 11.3. The minimum Gasteiger partial charge on any atom is -0.439 e. The Labute approximate surface area is 191 Å². The SMILES string of the molecule is CC(=O)Nc1cc(Oc2ccc3nc(Nc4cc5n(n4)CCCC5(C)C)n(C)c3n2)ccn1. The highest BCUT2D eigenvalue weighted by atomic mass is 16.5. The highest BCUT2D eigenvalue weighted by Crippen LogP contribution is 2.35. The van der Waals surface area contributed by atoms with Crippen LogP contribution in [0.4, 0.5) is 17.6 Å². The average molecular weight is 447 g/mol. The van der Waals surface area contributed by atoms with Gasteiger partial charge in [-0.25, -0.2) is 9.97 Å². The number of nitrogens with zero attached hydrogens (tertiary/aromatic N) is 6. The number of hydrogen-bond acceptors (Lipinski definition) is 7. The molecule has 1 aliphatic rings. The van der Waals surface area contributed by atoms with Gasteiger partial charge in [0.2, 0.25) is 17.7 Å². The monoisotopic (exact) mass is 446 g/mol. The number of ether oxygens (including phenoxy) is 1. The van der Waals surface area contributed by atoms with E-state index in [2.05, 4.69) is 50.2 Å². The summed E-state index contributed by atoms with van der Waals surface area (Å²) < 4.78 is 9.85. The second kappa shape index (κ2) is 7.88. The van der Waals surface area contributed by atoms with Crippen LogP contribution in [0.15, 0.2) is 36.5 Å². The van der Waals surface area contributed by atoms with Crippen molar-refractivity contribution in [1.29, 1.82) is 0 Å². The molecule has 4 aromatic rings. The second-order valence-electron chi connectivity index (χ2n) is 8.90. The summed E-state index contributed by atoms with van der Waals surface area (Å²) in [4.78, 5) is 24.7. The molecule has 4 aromatic heterocycles. The molecule has 0 unspecified atom stereocenters. The summed E-state index contributed by atoms with van der Waals surface area (Å²) in [7, 11) is 1.90. The van der Waals surface area contributed by atoms with Gasteiger partial charge in [-0.3, -0.25) is 14.0 Å². The molecular formula is C23H26N8O2. The smallest absolute Gasteiger partial charge is 0.222 e. The molecule has 1 amide bonds. The van der Waals surface area contributed by atoms with Crippen LogP contribution in [0, 0.1) is 0 Å². The van der Waals surface area contributed by atoms with Crippen LogP contribution in [0.5, 0.6) is 11.6 Å². The van der Waals surface area contributed by atoms with Crippen LogP contribution in [0.1, 0.15) is 39.3 Å². The Kier molecular flexibility index (Phi) is 4.99. The van der Waals surface area contributed by atoms with E-state index in [1.54, 1.807) is 24.4 Å². The maximum atomic E-state index is 11.3. The number of carbonyl (C=O) groups is 1. The first-order chi connectivity index (χ1) is 15.8. The van der Waals surface area contributed by atoms with Gasteiger partial charge in [0.05, 0.1) is 0 Å². The number of aryl methyl sites for hydroxylation is 2. The lowest BCUT2D eigenvalue weighted by atomic mass is 9.82. The largest absolute Gasteiger partial charge is 0.439 e. The Morgan fingerprint density at radius 1 is 1.15 bits per heavy atom. The van der Waals surface area contributed by atoms with Gasteiger partial charge < -0.3 is 15.4 Å². The lowest BCUT2D eigenvalue weighted by Crippen LogP contribution is -2.27. The minimum atomic E-state index is -0.198. The number of imidazole rings is 1. The van der Waals surface area contributed by atoms with E-state index in [0.717, 1.165) is 30.7 Å². The zero-order valence-electron chi connectivity index (χ0n) is 19.1. The molecule has 33 heavy (non-hydrogen) atoms. The molecule has 0 spiro atoms. The van der Waals surface area contributed by atoms with Crippen LogP contribution >= 0.6 is 0 Å². The van der Waals surface area contributed by atoms with Gasteiger partial charge in [0, 0.05) is 56.0 Å². The summed E-state index contributed by atoms with van der Waals surface area (Å²) in [5.74, 6) is 2.58. The molecule has 10 heteroatoms. The van der Waals surface area contributed by atoms with Crippen LogP contribution in [0.2, 0.25) is 0 Å². The molecular weight excluding hydrogens is 420 g/mol. The van der Waals surface area contributed by atoms with E-state index in [1.165, 1.54) is 12.6 Å². The summed E-state index contributed by atoms with van der Waals surface area (Å²) in [6, 6.07) is 9.08. The minimum absolute atomic E-state index is 0.109. The Balaban J connectivity index is 1.39. The number of carbonyl (C=O) groups excluding carboxylic acids is 1. The zero-order valence-corrected chi connectivity index (χ0v) is 19.1. The molecule has 0 aromatic carbocycles. The van der Waals surface area contributed by atoms with Crippen LogP contribution in [-0.2, 0) is 23.8 Å². The van der Waals surface area contributed by atoms with Crippen molar-refractivity contribution in [2.24, 2.45) is 7.05 Å². The fourth-order valence-corrected chi connectivity index (χ4v) is 4.17. The Morgan fingerprint density at radius 3 is 2.79 bits per heavy atom.